The van der Waals surface area contributed by atoms with E-state index in [-0.39, 0.29) is 5.92 Å². The first-order chi connectivity index (χ1) is 8.45. The van der Waals surface area contributed by atoms with Gasteiger partial charge in [-0.15, -0.1) is 0 Å². The molecule has 0 radical (unpaired) electrons. The van der Waals surface area contributed by atoms with E-state index < -0.39 is 35.6 Å². The summed E-state index contributed by atoms with van der Waals surface area (Å²) in [5, 5.41) is 19.0. The largest absolute Gasteiger partial charge is 0.481 e. The minimum Gasteiger partial charge on any atom is -0.481 e. The number of rotatable bonds is 6. The highest BCUT2D eigenvalue weighted by Gasteiger charge is 2.40. The van der Waals surface area contributed by atoms with Gasteiger partial charge in [0, 0.05) is 6.04 Å². The molecule has 0 aromatic rings. The number of hydrogen-bond acceptors (Lipinski definition) is 5. The molecule has 0 bridgehead atoms. The predicted molar refractivity (Wildman–Crippen MR) is 70.4 cm³/mol. The fraction of sp³-hybridized carbons (Fsp3) is 0.846. The molecule has 0 aromatic carbocycles. The van der Waals surface area contributed by atoms with E-state index >= 15 is 0 Å². The highest BCUT2D eigenvalue weighted by atomic mass is 16.6. The zero-order valence-corrected chi connectivity index (χ0v) is 12.2. The van der Waals surface area contributed by atoms with Crippen molar-refractivity contribution in [3.63, 3.8) is 0 Å². The summed E-state index contributed by atoms with van der Waals surface area (Å²) >= 11 is 0. The van der Waals surface area contributed by atoms with Crippen molar-refractivity contribution in [3.8, 4) is 0 Å². The Morgan fingerprint density at radius 3 is 2.05 bits per heavy atom. The maximum atomic E-state index is 11.8. The molecule has 0 rings (SSSR count). The fourth-order valence-electron chi connectivity index (χ4n) is 1.68. The number of carboxylic acids is 1. The third kappa shape index (κ3) is 6.54. The van der Waals surface area contributed by atoms with Crippen molar-refractivity contribution in [1.82, 2.24) is 0 Å². The first-order valence-electron chi connectivity index (χ1n) is 6.35. The first kappa shape index (κ1) is 17.9. The van der Waals surface area contributed by atoms with Crippen LogP contribution in [0.25, 0.3) is 0 Å². The van der Waals surface area contributed by atoms with E-state index in [1.54, 1.807) is 20.8 Å². The van der Waals surface area contributed by atoms with Crippen LogP contribution in [0, 0.1) is 11.8 Å². The molecular formula is C13H25NO5. The molecule has 0 saturated heterocycles. The monoisotopic (exact) mass is 275 g/mol. The fourth-order valence-corrected chi connectivity index (χ4v) is 1.68. The number of ether oxygens (including phenoxy) is 1. The zero-order chi connectivity index (χ0) is 15.4. The molecule has 0 aliphatic carbocycles. The van der Waals surface area contributed by atoms with Crippen LogP contribution >= 0.6 is 0 Å². The summed E-state index contributed by atoms with van der Waals surface area (Å²) in [6.07, 6.45) is -1.04. The second kappa shape index (κ2) is 6.86. The van der Waals surface area contributed by atoms with Gasteiger partial charge in [-0.25, -0.2) is 0 Å². The molecule has 6 heteroatoms. The second-order valence-corrected chi connectivity index (χ2v) is 6.13. The lowest BCUT2D eigenvalue weighted by Crippen LogP contribution is -2.48. The smallest absolute Gasteiger partial charge is 0.323 e. The summed E-state index contributed by atoms with van der Waals surface area (Å²) < 4.78 is 5.00. The topological polar surface area (TPSA) is 110 Å². The molecule has 3 unspecified atom stereocenters. The van der Waals surface area contributed by atoms with Crippen LogP contribution in [0.4, 0.5) is 0 Å². The standard InChI is InChI=1S/C13H25NO5/c1-7(2)6-8(14)10(15)9(11(16)17)12(18)19-13(3,4)5/h7-10,15H,6,14H2,1-5H3,(H,16,17). The van der Waals surface area contributed by atoms with E-state index in [9.17, 15) is 14.7 Å². The van der Waals surface area contributed by atoms with E-state index in [2.05, 4.69) is 0 Å². The lowest BCUT2D eigenvalue weighted by atomic mass is 9.91. The summed E-state index contributed by atoms with van der Waals surface area (Å²) in [6.45, 7) is 8.68. The molecule has 0 amide bonds. The van der Waals surface area contributed by atoms with Gasteiger partial charge >= 0.3 is 11.9 Å². The van der Waals surface area contributed by atoms with Gasteiger partial charge < -0.3 is 20.7 Å². The summed E-state index contributed by atoms with van der Waals surface area (Å²) in [5.41, 5.74) is 4.92. The Bertz CT molecular complexity index is 321. The Kier molecular flexibility index (Phi) is 6.45. The molecule has 112 valence electrons. The Morgan fingerprint density at radius 1 is 1.26 bits per heavy atom. The summed E-state index contributed by atoms with van der Waals surface area (Å²) in [7, 11) is 0. The van der Waals surface area contributed by atoms with Crippen LogP contribution in [0.2, 0.25) is 0 Å². The van der Waals surface area contributed by atoms with Crippen LogP contribution in [0.15, 0.2) is 0 Å². The number of carbonyl (C=O) groups is 2. The summed E-state index contributed by atoms with van der Waals surface area (Å²) in [4.78, 5) is 23.0. The van der Waals surface area contributed by atoms with Gasteiger partial charge in [0.15, 0.2) is 5.92 Å². The van der Waals surface area contributed by atoms with Crippen molar-refractivity contribution in [1.29, 1.82) is 0 Å². The van der Waals surface area contributed by atoms with Crippen molar-refractivity contribution in [2.75, 3.05) is 0 Å². The van der Waals surface area contributed by atoms with Crippen LogP contribution in [0.1, 0.15) is 41.0 Å². The van der Waals surface area contributed by atoms with Gasteiger partial charge in [0.25, 0.3) is 0 Å². The maximum Gasteiger partial charge on any atom is 0.323 e. The van der Waals surface area contributed by atoms with Gasteiger partial charge in [0.05, 0.1) is 6.10 Å². The molecule has 0 fully saturated rings. The third-order valence-electron chi connectivity index (χ3n) is 2.45. The number of carbonyl (C=O) groups excluding carboxylic acids is 1. The average molecular weight is 275 g/mol. The third-order valence-corrected chi connectivity index (χ3v) is 2.45. The Balaban J connectivity index is 4.91. The first-order valence-corrected chi connectivity index (χ1v) is 6.35. The Labute approximate surface area is 113 Å². The SMILES string of the molecule is CC(C)CC(N)C(O)C(C(=O)O)C(=O)OC(C)(C)C. The quantitative estimate of drug-likeness (QED) is 0.487. The van der Waals surface area contributed by atoms with Crippen LogP contribution < -0.4 is 5.73 Å². The molecule has 19 heavy (non-hydrogen) atoms. The van der Waals surface area contributed by atoms with Crippen molar-refractivity contribution >= 4 is 11.9 Å². The average Bonchev–Trinajstić information content (AvgIpc) is 2.12. The van der Waals surface area contributed by atoms with Crippen molar-refractivity contribution < 1.29 is 24.5 Å². The molecular weight excluding hydrogens is 250 g/mol. The second-order valence-electron chi connectivity index (χ2n) is 6.13. The number of hydrogen-bond donors (Lipinski definition) is 3. The number of aliphatic hydroxyl groups is 1. The molecule has 0 spiro atoms. The van der Waals surface area contributed by atoms with Crippen LogP contribution in [0.3, 0.4) is 0 Å². The minimum atomic E-state index is -1.66. The molecule has 0 heterocycles. The Morgan fingerprint density at radius 2 is 1.74 bits per heavy atom. The van der Waals surface area contributed by atoms with E-state index in [0.717, 1.165) is 0 Å². The van der Waals surface area contributed by atoms with Crippen molar-refractivity contribution in [2.45, 2.75) is 58.8 Å². The molecule has 3 atom stereocenters. The van der Waals surface area contributed by atoms with Crippen molar-refractivity contribution in [3.05, 3.63) is 0 Å². The van der Waals surface area contributed by atoms with E-state index in [0.29, 0.717) is 6.42 Å². The van der Waals surface area contributed by atoms with Gasteiger partial charge in [-0.3, -0.25) is 9.59 Å². The zero-order valence-electron chi connectivity index (χ0n) is 12.2. The summed E-state index contributed by atoms with van der Waals surface area (Å²) in [5.74, 6) is -3.86. The lowest BCUT2D eigenvalue weighted by Gasteiger charge is -2.27. The van der Waals surface area contributed by atoms with Crippen LogP contribution in [-0.2, 0) is 14.3 Å². The Hall–Kier alpha value is -1.14. The maximum absolute atomic E-state index is 11.8. The van der Waals surface area contributed by atoms with Crippen LogP contribution in [-0.4, -0.2) is 39.9 Å². The highest BCUT2D eigenvalue weighted by Crippen LogP contribution is 2.18. The summed E-state index contributed by atoms with van der Waals surface area (Å²) in [6, 6.07) is -0.784. The molecule has 0 aliphatic rings. The molecule has 4 N–H and O–H groups in total. The number of nitrogens with two attached hydrogens (primary N) is 1. The minimum absolute atomic E-state index is 0.192. The molecule has 0 saturated carbocycles. The number of aliphatic hydroxyl groups excluding tert-OH is 1. The van der Waals surface area contributed by atoms with Gasteiger partial charge in [0.2, 0.25) is 0 Å². The number of aliphatic carboxylic acids is 1. The van der Waals surface area contributed by atoms with E-state index in [1.165, 1.54) is 0 Å². The normalized spacial score (nSPS) is 16.8. The predicted octanol–water partition coefficient (Wildman–Crippen LogP) is 0.763. The van der Waals surface area contributed by atoms with E-state index in [4.69, 9.17) is 15.6 Å². The van der Waals surface area contributed by atoms with Gasteiger partial charge in [-0.05, 0) is 33.1 Å². The molecule has 0 aromatic heterocycles. The van der Waals surface area contributed by atoms with Gasteiger partial charge in [-0.2, -0.15) is 0 Å². The number of carboxylic acid groups (broad SMARTS) is 1. The highest BCUT2D eigenvalue weighted by molar-refractivity contribution is 5.94. The number of esters is 1. The van der Waals surface area contributed by atoms with Crippen LogP contribution in [0.5, 0.6) is 0 Å². The van der Waals surface area contributed by atoms with Crippen molar-refractivity contribution in [2.24, 2.45) is 17.6 Å². The van der Waals surface area contributed by atoms with Gasteiger partial charge in [-0.1, -0.05) is 13.8 Å². The molecule has 0 aliphatic heterocycles. The van der Waals surface area contributed by atoms with E-state index in [1.807, 2.05) is 13.8 Å². The molecule has 6 nitrogen and oxygen atoms in total. The van der Waals surface area contributed by atoms with Gasteiger partial charge in [0.1, 0.15) is 5.60 Å². The lowest BCUT2D eigenvalue weighted by molar-refractivity contribution is -0.172.